The van der Waals surface area contributed by atoms with Gasteiger partial charge in [-0.1, -0.05) is 31.2 Å². The third-order valence-corrected chi connectivity index (χ3v) is 3.83. The quantitative estimate of drug-likeness (QED) is 0.613. The molecule has 0 aliphatic heterocycles. The minimum absolute atomic E-state index is 0.0667. The fourth-order valence-corrected chi connectivity index (χ4v) is 2.93. The molecule has 0 radical (unpaired) electrons. The van der Waals surface area contributed by atoms with E-state index in [1.807, 2.05) is 30.2 Å². The van der Waals surface area contributed by atoms with E-state index in [9.17, 15) is 9.59 Å². The van der Waals surface area contributed by atoms with Crippen molar-refractivity contribution in [1.29, 1.82) is 0 Å². The lowest BCUT2D eigenvalue weighted by Crippen LogP contribution is -2.40. The molecule has 1 aliphatic carbocycles. The molecule has 0 atom stereocenters. The Hall–Kier alpha value is -2.23. The van der Waals surface area contributed by atoms with Gasteiger partial charge in [0, 0.05) is 17.5 Å². The summed E-state index contributed by atoms with van der Waals surface area (Å²) >= 11 is 0. The molecule has 1 heterocycles. The first kappa shape index (κ1) is 11.8. The van der Waals surface area contributed by atoms with Crippen LogP contribution in [0.15, 0.2) is 24.3 Å². The smallest absolute Gasteiger partial charge is 0.256 e. The highest BCUT2D eigenvalue weighted by Gasteiger charge is 2.41. The van der Waals surface area contributed by atoms with Crippen LogP contribution in [-0.2, 0) is 20.5 Å². The molecule has 1 aromatic heterocycles. The number of fused-ring (bicyclic) bond motifs is 2. The van der Waals surface area contributed by atoms with Gasteiger partial charge in [-0.05, 0) is 0 Å². The Bertz CT molecular complexity index is 667. The standard InChI is InChI=1S/C15H15N2O2/c1-4-11-16(2)12-13(17(11)3)15(19)10-8-6-5-7-9(10)14(12)18/h5-8H,4H2,1-3H3/q+1. The molecule has 4 heteroatoms. The molecule has 4 nitrogen and oxygen atoms in total. The summed E-state index contributed by atoms with van der Waals surface area (Å²) in [5.74, 6) is 0.838. The zero-order chi connectivity index (χ0) is 13.7. The van der Waals surface area contributed by atoms with Crippen molar-refractivity contribution in [2.45, 2.75) is 13.3 Å². The van der Waals surface area contributed by atoms with Gasteiger partial charge < -0.3 is 0 Å². The number of hydrogen-bond donors (Lipinski definition) is 0. The van der Waals surface area contributed by atoms with E-state index in [0.717, 1.165) is 12.2 Å². The van der Waals surface area contributed by atoms with Crippen LogP contribution >= 0.6 is 0 Å². The third kappa shape index (κ3) is 1.37. The van der Waals surface area contributed by atoms with E-state index in [4.69, 9.17) is 0 Å². The first-order valence-electron chi connectivity index (χ1n) is 6.34. The molecule has 19 heavy (non-hydrogen) atoms. The number of imidazole rings is 1. The van der Waals surface area contributed by atoms with Crippen LogP contribution in [0.25, 0.3) is 0 Å². The number of rotatable bonds is 1. The van der Waals surface area contributed by atoms with Gasteiger partial charge in [0.05, 0.1) is 14.1 Å². The summed E-state index contributed by atoms with van der Waals surface area (Å²) in [6.45, 7) is 2.02. The summed E-state index contributed by atoms with van der Waals surface area (Å²) in [7, 11) is 3.69. The van der Waals surface area contributed by atoms with Crippen LogP contribution in [0.2, 0.25) is 0 Å². The van der Waals surface area contributed by atoms with E-state index in [-0.39, 0.29) is 11.6 Å². The Labute approximate surface area is 111 Å². The van der Waals surface area contributed by atoms with Gasteiger partial charge in [0.2, 0.25) is 23.0 Å². The van der Waals surface area contributed by atoms with Crippen molar-refractivity contribution in [3.8, 4) is 0 Å². The Kier molecular flexibility index (Phi) is 2.42. The minimum atomic E-state index is -0.0667. The van der Waals surface area contributed by atoms with Gasteiger partial charge in [-0.2, -0.15) is 0 Å². The van der Waals surface area contributed by atoms with E-state index >= 15 is 0 Å². The normalized spacial score (nSPS) is 13.4. The molecule has 3 rings (SSSR count). The van der Waals surface area contributed by atoms with Gasteiger partial charge in [-0.3, -0.25) is 9.59 Å². The van der Waals surface area contributed by atoms with Crippen molar-refractivity contribution in [1.82, 2.24) is 4.57 Å². The number of benzene rings is 1. The van der Waals surface area contributed by atoms with Gasteiger partial charge in [-0.25, -0.2) is 9.13 Å². The molecule has 1 aromatic carbocycles. The lowest BCUT2D eigenvalue weighted by molar-refractivity contribution is -0.680. The molecular formula is C15H15N2O2+. The van der Waals surface area contributed by atoms with Gasteiger partial charge in [0.25, 0.3) is 5.82 Å². The Morgan fingerprint density at radius 2 is 1.68 bits per heavy atom. The maximum absolute atomic E-state index is 12.6. The molecule has 0 saturated heterocycles. The number of carbonyl (C=O) groups excluding carboxylic acids is 2. The zero-order valence-electron chi connectivity index (χ0n) is 11.2. The number of hydrogen-bond acceptors (Lipinski definition) is 2. The maximum Gasteiger partial charge on any atom is 0.256 e. The van der Waals surface area contributed by atoms with Gasteiger partial charge in [0.15, 0.2) is 0 Å². The third-order valence-electron chi connectivity index (χ3n) is 3.83. The van der Waals surface area contributed by atoms with Gasteiger partial charge in [-0.15, -0.1) is 0 Å². The second-order valence-electron chi connectivity index (χ2n) is 4.79. The number of aromatic nitrogens is 2. The summed E-state index contributed by atoms with van der Waals surface area (Å²) in [4.78, 5) is 25.1. The van der Waals surface area contributed by atoms with E-state index in [1.54, 1.807) is 24.3 Å². The fraction of sp³-hybridized carbons (Fsp3) is 0.267. The summed E-state index contributed by atoms with van der Waals surface area (Å²) < 4.78 is 3.68. The van der Waals surface area contributed by atoms with Crippen LogP contribution in [0, 0.1) is 0 Å². The first-order chi connectivity index (χ1) is 9.07. The van der Waals surface area contributed by atoms with E-state index in [2.05, 4.69) is 0 Å². The predicted octanol–water partition coefficient (Wildman–Crippen LogP) is 1.19. The molecule has 2 aromatic rings. The molecule has 0 saturated carbocycles. The summed E-state index contributed by atoms with van der Waals surface area (Å²) in [6, 6.07) is 7.02. The first-order valence-corrected chi connectivity index (χ1v) is 6.34. The number of carbonyl (C=O) groups is 2. The number of nitrogens with zero attached hydrogens (tertiary/aromatic N) is 2. The lowest BCUT2D eigenvalue weighted by atomic mass is 9.90. The molecule has 0 amide bonds. The monoisotopic (exact) mass is 255 g/mol. The summed E-state index contributed by atoms with van der Waals surface area (Å²) in [6.07, 6.45) is 0.775. The van der Waals surface area contributed by atoms with Crippen molar-refractivity contribution < 1.29 is 14.2 Å². The Morgan fingerprint density at radius 1 is 1.11 bits per heavy atom. The highest BCUT2D eigenvalue weighted by atomic mass is 16.1. The molecular weight excluding hydrogens is 240 g/mol. The van der Waals surface area contributed by atoms with Crippen LogP contribution in [0.4, 0.5) is 0 Å². The molecule has 96 valence electrons. The van der Waals surface area contributed by atoms with Crippen molar-refractivity contribution in [2.75, 3.05) is 0 Å². The molecule has 0 bridgehead atoms. The van der Waals surface area contributed by atoms with Crippen LogP contribution in [-0.4, -0.2) is 16.1 Å². The van der Waals surface area contributed by atoms with Crippen molar-refractivity contribution in [3.05, 3.63) is 52.6 Å². The highest BCUT2D eigenvalue weighted by molar-refractivity contribution is 6.26. The largest absolute Gasteiger partial charge is 0.284 e. The van der Waals surface area contributed by atoms with Crippen molar-refractivity contribution in [3.63, 3.8) is 0 Å². The SMILES string of the molecule is CCc1n(C)c2c([n+]1C)C(=O)c1ccccc1C2=O. The fourth-order valence-electron chi connectivity index (χ4n) is 2.93. The molecule has 1 aliphatic rings. The van der Waals surface area contributed by atoms with E-state index < -0.39 is 0 Å². The van der Waals surface area contributed by atoms with E-state index in [1.165, 1.54) is 0 Å². The van der Waals surface area contributed by atoms with Crippen molar-refractivity contribution >= 4 is 11.6 Å². The van der Waals surface area contributed by atoms with Gasteiger partial charge in [0.1, 0.15) is 0 Å². The van der Waals surface area contributed by atoms with Crippen LogP contribution in [0.1, 0.15) is 44.9 Å². The van der Waals surface area contributed by atoms with Crippen LogP contribution in [0.5, 0.6) is 0 Å². The topological polar surface area (TPSA) is 43.0 Å². The van der Waals surface area contributed by atoms with Crippen LogP contribution in [0.3, 0.4) is 0 Å². The average Bonchev–Trinajstić information content (AvgIpc) is 2.67. The second kappa shape index (κ2) is 3.88. The average molecular weight is 255 g/mol. The van der Waals surface area contributed by atoms with Crippen LogP contribution < -0.4 is 4.57 Å². The Morgan fingerprint density at radius 3 is 2.26 bits per heavy atom. The van der Waals surface area contributed by atoms with Gasteiger partial charge >= 0.3 is 0 Å². The van der Waals surface area contributed by atoms with Crippen molar-refractivity contribution in [2.24, 2.45) is 14.1 Å². The summed E-state index contributed by atoms with van der Waals surface area (Å²) in [5.41, 5.74) is 2.01. The zero-order valence-corrected chi connectivity index (χ0v) is 11.2. The Balaban J connectivity index is 2.38. The molecule has 0 N–H and O–H groups in total. The molecule has 0 fully saturated rings. The minimum Gasteiger partial charge on any atom is -0.284 e. The highest BCUT2D eigenvalue weighted by Crippen LogP contribution is 2.26. The number of ketones is 2. The lowest BCUT2D eigenvalue weighted by Gasteiger charge is -2.11. The second-order valence-corrected chi connectivity index (χ2v) is 4.79. The summed E-state index contributed by atoms with van der Waals surface area (Å²) in [5, 5.41) is 0. The van der Waals surface area contributed by atoms with E-state index in [0.29, 0.717) is 22.5 Å². The molecule has 0 unspecified atom stereocenters. The maximum atomic E-state index is 12.6. The molecule has 0 spiro atoms. The predicted molar refractivity (Wildman–Crippen MR) is 69.3 cm³/mol.